The summed E-state index contributed by atoms with van der Waals surface area (Å²) in [4.78, 5) is 35.2. The number of hydrogen-bond acceptors (Lipinski definition) is 4. The minimum absolute atomic E-state index is 0.0805. The van der Waals surface area contributed by atoms with E-state index in [4.69, 9.17) is 0 Å². The molecule has 5 heteroatoms. The van der Waals surface area contributed by atoms with Gasteiger partial charge in [0.1, 0.15) is 0 Å². The Bertz CT molecular complexity index is 533. The van der Waals surface area contributed by atoms with Gasteiger partial charge in [-0.2, -0.15) is 4.90 Å². The summed E-state index contributed by atoms with van der Waals surface area (Å²) in [7, 11) is 1.13. The fourth-order valence-corrected chi connectivity index (χ4v) is 1.71. The molecule has 1 aromatic rings. The summed E-state index contributed by atoms with van der Waals surface area (Å²) in [6, 6.07) is 9.12. The molecular formula is C13H11NO4. The van der Waals surface area contributed by atoms with Crippen molar-refractivity contribution in [1.82, 2.24) is 4.90 Å². The van der Waals surface area contributed by atoms with E-state index in [-0.39, 0.29) is 12.0 Å². The Balaban J connectivity index is 2.28. The van der Waals surface area contributed by atoms with Crippen molar-refractivity contribution in [2.45, 2.75) is 6.42 Å². The second-order valence-corrected chi connectivity index (χ2v) is 3.76. The summed E-state index contributed by atoms with van der Waals surface area (Å²) >= 11 is 0. The van der Waals surface area contributed by atoms with Crippen LogP contribution in [-0.2, 0) is 14.3 Å². The van der Waals surface area contributed by atoms with Crippen molar-refractivity contribution in [1.29, 1.82) is 0 Å². The number of amides is 3. The standard InChI is InChI=1S/C13H11NO4/c1-18-13(17)14-11(15)8-10(12(14)16)7-9-5-3-2-4-6-9/h2-7H,8H2,1H3/b10-7-. The van der Waals surface area contributed by atoms with Crippen LogP contribution in [0.3, 0.4) is 0 Å². The van der Waals surface area contributed by atoms with E-state index in [1.807, 2.05) is 30.3 Å². The molecule has 92 valence electrons. The molecule has 0 saturated carbocycles. The molecule has 1 aromatic carbocycles. The van der Waals surface area contributed by atoms with Crippen LogP contribution in [0.1, 0.15) is 12.0 Å². The smallest absolute Gasteiger partial charge is 0.423 e. The average Bonchev–Trinajstić information content (AvgIpc) is 2.65. The number of carbonyl (C=O) groups is 3. The third-order valence-electron chi connectivity index (χ3n) is 2.57. The predicted molar refractivity (Wildman–Crippen MR) is 63.3 cm³/mol. The molecule has 18 heavy (non-hydrogen) atoms. The topological polar surface area (TPSA) is 63.7 Å². The highest BCUT2D eigenvalue weighted by Crippen LogP contribution is 2.22. The highest BCUT2D eigenvalue weighted by atomic mass is 16.5. The predicted octanol–water partition coefficient (Wildman–Crippen LogP) is 1.60. The molecule has 0 atom stereocenters. The van der Waals surface area contributed by atoms with Gasteiger partial charge in [-0.3, -0.25) is 9.59 Å². The number of methoxy groups -OCH3 is 1. The van der Waals surface area contributed by atoms with Crippen molar-refractivity contribution < 1.29 is 19.1 Å². The third kappa shape index (κ3) is 2.15. The van der Waals surface area contributed by atoms with Crippen LogP contribution in [0.15, 0.2) is 35.9 Å². The fourth-order valence-electron chi connectivity index (χ4n) is 1.71. The molecule has 0 N–H and O–H groups in total. The highest BCUT2D eigenvalue weighted by Gasteiger charge is 2.39. The first-order chi connectivity index (χ1) is 8.63. The number of hydrogen-bond donors (Lipinski definition) is 0. The Morgan fingerprint density at radius 3 is 2.56 bits per heavy atom. The Morgan fingerprint density at radius 2 is 1.94 bits per heavy atom. The Kier molecular flexibility index (Phi) is 3.23. The van der Waals surface area contributed by atoms with Gasteiger partial charge in [0.15, 0.2) is 0 Å². The first-order valence-corrected chi connectivity index (χ1v) is 5.34. The van der Waals surface area contributed by atoms with Gasteiger partial charge >= 0.3 is 6.09 Å². The number of rotatable bonds is 1. The van der Waals surface area contributed by atoms with E-state index in [1.165, 1.54) is 0 Å². The Hall–Kier alpha value is -2.43. The highest BCUT2D eigenvalue weighted by molar-refractivity contribution is 6.23. The molecule has 2 rings (SSSR count). The molecule has 1 fully saturated rings. The molecule has 0 radical (unpaired) electrons. The summed E-state index contributed by atoms with van der Waals surface area (Å²) in [5.74, 6) is -1.18. The quantitative estimate of drug-likeness (QED) is 0.556. The van der Waals surface area contributed by atoms with E-state index < -0.39 is 17.9 Å². The van der Waals surface area contributed by atoms with Gasteiger partial charge in [-0.05, 0) is 11.6 Å². The lowest BCUT2D eigenvalue weighted by Gasteiger charge is -2.08. The molecule has 1 aliphatic heterocycles. The van der Waals surface area contributed by atoms with Crippen LogP contribution < -0.4 is 0 Å². The van der Waals surface area contributed by atoms with Gasteiger partial charge in [0.05, 0.1) is 13.5 Å². The largest absolute Gasteiger partial charge is 0.452 e. The van der Waals surface area contributed by atoms with Gasteiger partial charge in [-0.15, -0.1) is 0 Å². The maximum Gasteiger partial charge on any atom is 0.423 e. The van der Waals surface area contributed by atoms with Gasteiger partial charge in [0, 0.05) is 5.57 Å². The summed E-state index contributed by atoms with van der Waals surface area (Å²) in [5.41, 5.74) is 1.09. The maximum atomic E-state index is 11.9. The number of ether oxygens (including phenoxy) is 1. The molecule has 0 bridgehead atoms. The van der Waals surface area contributed by atoms with Gasteiger partial charge < -0.3 is 4.74 Å². The van der Waals surface area contributed by atoms with Gasteiger partial charge in [0.25, 0.3) is 5.91 Å². The van der Waals surface area contributed by atoms with E-state index in [0.717, 1.165) is 12.7 Å². The maximum absolute atomic E-state index is 11.9. The van der Waals surface area contributed by atoms with E-state index in [9.17, 15) is 14.4 Å². The number of likely N-dealkylation sites (tertiary alicyclic amines) is 1. The molecular weight excluding hydrogens is 234 g/mol. The average molecular weight is 245 g/mol. The molecule has 1 saturated heterocycles. The Morgan fingerprint density at radius 1 is 1.28 bits per heavy atom. The SMILES string of the molecule is COC(=O)N1C(=O)C/C(=C/c2ccccc2)C1=O. The lowest BCUT2D eigenvalue weighted by Crippen LogP contribution is -2.35. The first-order valence-electron chi connectivity index (χ1n) is 5.34. The number of benzene rings is 1. The van der Waals surface area contributed by atoms with E-state index in [1.54, 1.807) is 6.08 Å². The monoisotopic (exact) mass is 245 g/mol. The Labute approximate surface area is 104 Å². The lowest BCUT2D eigenvalue weighted by atomic mass is 10.1. The number of imide groups is 3. The van der Waals surface area contributed by atoms with Crippen LogP contribution in [0.2, 0.25) is 0 Å². The molecule has 0 spiro atoms. The van der Waals surface area contributed by atoms with Crippen LogP contribution >= 0.6 is 0 Å². The van der Waals surface area contributed by atoms with Crippen LogP contribution in [-0.4, -0.2) is 29.9 Å². The molecule has 1 heterocycles. The lowest BCUT2D eigenvalue weighted by molar-refractivity contribution is -0.135. The summed E-state index contributed by atoms with van der Waals surface area (Å²) in [5, 5.41) is 0. The minimum atomic E-state index is -0.943. The van der Waals surface area contributed by atoms with Crippen molar-refractivity contribution in [3.63, 3.8) is 0 Å². The number of carbonyl (C=O) groups excluding carboxylic acids is 3. The second kappa shape index (κ2) is 4.83. The molecule has 1 aliphatic rings. The van der Waals surface area contributed by atoms with Crippen molar-refractivity contribution in [3.05, 3.63) is 41.5 Å². The number of nitrogens with zero attached hydrogens (tertiary/aromatic N) is 1. The first kappa shape index (κ1) is 12.0. The van der Waals surface area contributed by atoms with Crippen molar-refractivity contribution in [2.24, 2.45) is 0 Å². The summed E-state index contributed by atoms with van der Waals surface area (Å²) in [6.45, 7) is 0. The second-order valence-electron chi connectivity index (χ2n) is 3.76. The van der Waals surface area contributed by atoms with Crippen LogP contribution in [0.25, 0.3) is 6.08 Å². The normalized spacial score (nSPS) is 17.4. The van der Waals surface area contributed by atoms with Crippen LogP contribution in [0, 0.1) is 0 Å². The van der Waals surface area contributed by atoms with Crippen molar-refractivity contribution >= 4 is 24.0 Å². The van der Waals surface area contributed by atoms with Crippen LogP contribution in [0.5, 0.6) is 0 Å². The fraction of sp³-hybridized carbons (Fsp3) is 0.154. The van der Waals surface area contributed by atoms with Gasteiger partial charge in [-0.1, -0.05) is 30.3 Å². The zero-order valence-electron chi connectivity index (χ0n) is 9.75. The van der Waals surface area contributed by atoms with E-state index in [2.05, 4.69) is 4.74 Å². The zero-order valence-corrected chi connectivity index (χ0v) is 9.75. The van der Waals surface area contributed by atoms with Crippen LogP contribution in [0.4, 0.5) is 4.79 Å². The minimum Gasteiger partial charge on any atom is -0.452 e. The summed E-state index contributed by atoms with van der Waals surface area (Å²) in [6.07, 6.45) is 0.577. The molecule has 5 nitrogen and oxygen atoms in total. The zero-order chi connectivity index (χ0) is 13.1. The van der Waals surface area contributed by atoms with Crippen molar-refractivity contribution in [2.75, 3.05) is 7.11 Å². The van der Waals surface area contributed by atoms with E-state index in [0.29, 0.717) is 4.90 Å². The molecule has 0 unspecified atom stereocenters. The molecule has 0 aliphatic carbocycles. The van der Waals surface area contributed by atoms with E-state index >= 15 is 0 Å². The third-order valence-corrected chi connectivity index (χ3v) is 2.57. The summed E-state index contributed by atoms with van der Waals surface area (Å²) < 4.78 is 4.39. The van der Waals surface area contributed by atoms with Gasteiger partial charge in [-0.25, -0.2) is 4.79 Å². The van der Waals surface area contributed by atoms with Gasteiger partial charge in [0.2, 0.25) is 5.91 Å². The molecule has 0 aromatic heterocycles. The molecule has 3 amide bonds. The van der Waals surface area contributed by atoms with Crippen molar-refractivity contribution in [3.8, 4) is 0 Å².